The van der Waals surface area contributed by atoms with Crippen LogP contribution in [-0.2, 0) is 21.2 Å². The summed E-state index contributed by atoms with van der Waals surface area (Å²) >= 11 is 0. The molecular formula is C17H19F3N2O2. The van der Waals surface area contributed by atoms with Crippen LogP contribution >= 0.6 is 0 Å². The van der Waals surface area contributed by atoms with Crippen LogP contribution in [0, 0.1) is 0 Å². The van der Waals surface area contributed by atoms with E-state index >= 15 is 0 Å². The minimum atomic E-state index is -4.44. The monoisotopic (exact) mass is 340 g/mol. The van der Waals surface area contributed by atoms with Gasteiger partial charge in [-0.05, 0) is 43.7 Å². The van der Waals surface area contributed by atoms with Gasteiger partial charge in [0.2, 0.25) is 11.8 Å². The topological polar surface area (TPSA) is 58.2 Å². The Morgan fingerprint density at radius 2 is 2.00 bits per heavy atom. The minimum absolute atomic E-state index is 0.222. The first kappa shape index (κ1) is 16.8. The van der Waals surface area contributed by atoms with E-state index in [1.165, 1.54) is 6.07 Å². The number of nitrogens with one attached hydrogen (secondary N) is 2. The van der Waals surface area contributed by atoms with Gasteiger partial charge in [-0.3, -0.25) is 9.59 Å². The molecule has 1 aromatic carbocycles. The van der Waals surface area contributed by atoms with Crippen molar-refractivity contribution < 1.29 is 22.8 Å². The molecule has 24 heavy (non-hydrogen) atoms. The zero-order chi connectivity index (χ0) is 17.4. The van der Waals surface area contributed by atoms with Gasteiger partial charge in [-0.25, -0.2) is 0 Å². The number of benzene rings is 1. The van der Waals surface area contributed by atoms with Crippen molar-refractivity contribution in [1.29, 1.82) is 0 Å². The second-order valence-electron chi connectivity index (χ2n) is 6.47. The van der Waals surface area contributed by atoms with Crippen LogP contribution in [0.3, 0.4) is 0 Å². The molecule has 0 aromatic heterocycles. The molecule has 1 heterocycles. The van der Waals surface area contributed by atoms with Crippen LogP contribution in [-0.4, -0.2) is 24.4 Å². The molecule has 130 valence electrons. The maximum Gasteiger partial charge on any atom is 0.416 e. The summed E-state index contributed by atoms with van der Waals surface area (Å²) in [5, 5.41) is 5.47. The molecule has 4 nitrogen and oxygen atoms in total. The van der Waals surface area contributed by atoms with E-state index in [4.69, 9.17) is 0 Å². The molecule has 0 bridgehead atoms. The molecule has 2 amide bonds. The van der Waals surface area contributed by atoms with Crippen LogP contribution in [0.2, 0.25) is 0 Å². The van der Waals surface area contributed by atoms with Crippen molar-refractivity contribution in [2.24, 2.45) is 0 Å². The maximum absolute atomic E-state index is 12.9. The van der Waals surface area contributed by atoms with Gasteiger partial charge in [-0.15, -0.1) is 0 Å². The Labute approximate surface area is 137 Å². The first-order chi connectivity index (χ1) is 11.3. The molecule has 7 heteroatoms. The summed E-state index contributed by atoms with van der Waals surface area (Å²) in [5.74, 6) is -0.579. The summed E-state index contributed by atoms with van der Waals surface area (Å²) in [6, 6.07) is 4.30. The molecule has 0 unspecified atom stereocenters. The summed E-state index contributed by atoms with van der Waals surface area (Å²) in [6.07, 6.45) is -1.22. The predicted molar refractivity (Wildman–Crippen MR) is 81.1 cm³/mol. The number of carbonyl (C=O) groups is 2. The molecule has 2 aliphatic rings. The van der Waals surface area contributed by atoms with E-state index < -0.39 is 23.2 Å². The number of alkyl halides is 3. The number of halogens is 3. The number of hydrogen-bond donors (Lipinski definition) is 2. The molecule has 2 fully saturated rings. The third-order valence-electron chi connectivity index (χ3n) is 4.77. The normalized spacial score (nSPS) is 23.1. The van der Waals surface area contributed by atoms with Gasteiger partial charge in [0.05, 0.1) is 11.0 Å². The van der Waals surface area contributed by atoms with Gasteiger partial charge in [-0.1, -0.05) is 18.2 Å². The second kappa shape index (κ2) is 6.11. The molecule has 1 saturated heterocycles. The lowest BCUT2D eigenvalue weighted by Gasteiger charge is -2.21. The first-order valence-corrected chi connectivity index (χ1v) is 8.09. The molecule has 1 atom stereocenters. The standard InChI is InChI=1S/C17H19F3N2O2/c18-17(19,20)12-5-3-4-11(10-12)16(7-8-16)15(24)22-13-6-1-2-9-21-14(13)23/h3-5,10,13H,1-2,6-9H2,(H,21,23)(H,22,24)/t13-/m0/s1. The molecular weight excluding hydrogens is 321 g/mol. The molecule has 1 aromatic rings. The van der Waals surface area contributed by atoms with Crippen molar-refractivity contribution in [1.82, 2.24) is 10.6 Å². The minimum Gasteiger partial charge on any atom is -0.354 e. The smallest absolute Gasteiger partial charge is 0.354 e. The van der Waals surface area contributed by atoms with Gasteiger partial charge in [0.1, 0.15) is 6.04 Å². The Hall–Kier alpha value is -2.05. The van der Waals surface area contributed by atoms with Crippen molar-refractivity contribution in [3.8, 4) is 0 Å². The van der Waals surface area contributed by atoms with Crippen molar-refractivity contribution in [3.05, 3.63) is 35.4 Å². The SMILES string of the molecule is O=C1NCCCC[C@@H]1NC(=O)C1(c2cccc(C(F)(F)F)c2)CC1. The Morgan fingerprint density at radius 3 is 2.67 bits per heavy atom. The van der Waals surface area contributed by atoms with Gasteiger partial charge in [0, 0.05) is 6.54 Å². The molecule has 2 N–H and O–H groups in total. The molecule has 3 rings (SSSR count). The Balaban J connectivity index is 1.78. The number of amides is 2. The highest BCUT2D eigenvalue weighted by atomic mass is 19.4. The third kappa shape index (κ3) is 3.25. The van der Waals surface area contributed by atoms with E-state index in [2.05, 4.69) is 10.6 Å². The Morgan fingerprint density at radius 1 is 1.25 bits per heavy atom. The van der Waals surface area contributed by atoms with Crippen molar-refractivity contribution in [2.75, 3.05) is 6.54 Å². The van der Waals surface area contributed by atoms with Crippen LogP contribution in [0.4, 0.5) is 13.2 Å². The van der Waals surface area contributed by atoms with Crippen molar-refractivity contribution >= 4 is 11.8 Å². The maximum atomic E-state index is 12.9. The van der Waals surface area contributed by atoms with Crippen LogP contribution in [0.15, 0.2) is 24.3 Å². The van der Waals surface area contributed by atoms with E-state index in [1.807, 2.05) is 0 Å². The fourth-order valence-corrected chi connectivity index (χ4v) is 3.14. The summed E-state index contributed by atoms with van der Waals surface area (Å²) in [7, 11) is 0. The largest absolute Gasteiger partial charge is 0.416 e. The van der Waals surface area contributed by atoms with Crippen LogP contribution < -0.4 is 10.6 Å². The summed E-state index contributed by atoms with van der Waals surface area (Å²) in [4.78, 5) is 24.6. The van der Waals surface area contributed by atoms with Crippen LogP contribution in [0.25, 0.3) is 0 Å². The van der Waals surface area contributed by atoms with Crippen LogP contribution in [0.1, 0.15) is 43.2 Å². The lowest BCUT2D eigenvalue weighted by molar-refractivity contribution is -0.137. The zero-order valence-corrected chi connectivity index (χ0v) is 13.1. The van der Waals surface area contributed by atoms with Crippen molar-refractivity contribution in [2.45, 2.75) is 49.7 Å². The predicted octanol–water partition coefficient (Wildman–Crippen LogP) is 2.52. The Kier molecular flexibility index (Phi) is 4.27. The van der Waals surface area contributed by atoms with Gasteiger partial charge < -0.3 is 10.6 Å². The van der Waals surface area contributed by atoms with Gasteiger partial charge in [-0.2, -0.15) is 13.2 Å². The average molecular weight is 340 g/mol. The quantitative estimate of drug-likeness (QED) is 0.888. The Bertz CT molecular complexity index is 653. The highest BCUT2D eigenvalue weighted by molar-refractivity contribution is 5.95. The van der Waals surface area contributed by atoms with Crippen LogP contribution in [0.5, 0.6) is 0 Å². The summed E-state index contributed by atoms with van der Waals surface area (Å²) < 4.78 is 38.7. The summed E-state index contributed by atoms with van der Waals surface area (Å²) in [5.41, 5.74) is -1.33. The number of carbonyl (C=O) groups excluding carboxylic acids is 2. The molecule has 0 radical (unpaired) electrons. The van der Waals surface area contributed by atoms with E-state index in [1.54, 1.807) is 6.07 Å². The van der Waals surface area contributed by atoms with Gasteiger partial charge in [0.15, 0.2) is 0 Å². The number of hydrogen-bond acceptors (Lipinski definition) is 2. The van der Waals surface area contributed by atoms with Gasteiger partial charge in [0.25, 0.3) is 0 Å². The van der Waals surface area contributed by atoms with Crippen molar-refractivity contribution in [3.63, 3.8) is 0 Å². The number of rotatable bonds is 3. The summed E-state index contributed by atoms with van der Waals surface area (Å²) in [6.45, 7) is 0.587. The zero-order valence-electron chi connectivity index (χ0n) is 13.1. The molecule has 1 saturated carbocycles. The van der Waals surface area contributed by atoms with E-state index in [0.29, 0.717) is 31.4 Å². The lowest BCUT2D eigenvalue weighted by Crippen LogP contribution is -2.48. The van der Waals surface area contributed by atoms with E-state index in [0.717, 1.165) is 25.0 Å². The average Bonchev–Trinajstić information content (AvgIpc) is 3.35. The highest BCUT2D eigenvalue weighted by Crippen LogP contribution is 2.49. The fourth-order valence-electron chi connectivity index (χ4n) is 3.14. The molecule has 0 spiro atoms. The second-order valence-corrected chi connectivity index (χ2v) is 6.47. The first-order valence-electron chi connectivity index (χ1n) is 8.09. The lowest BCUT2D eigenvalue weighted by atomic mass is 9.92. The molecule has 1 aliphatic carbocycles. The fraction of sp³-hybridized carbons (Fsp3) is 0.529. The van der Waals surface area contributed by atoms with E-state index in [-0.39, 0.29) is 11.8 Å². The molecule has 1 aliphatic heterocycles. The third-order valence-corrected chi connectivity index (χ3v) is 4.77. The highest BCUT2D eigenvalue weighted by Gasteiger charge is 2.52. The van der Waals surface area contributed by atoms with Gasteiger partial charge >= 0.3 is 6.18 Å². The van der Waals surface area contributed by atoms with E-state index in [9.17, 15) is 22.8 Å².